The average molecular weight is 430 g/mol. The van der Waals surface area contributed by atoms with Crippen molar-refractivity contribution in [2.24, 2.45) is 28.8 Å². The Morgan fingerprint density at radius 3 is 2.39 bits per heavy atom. The van der Waals surface area contributed by atoms with E-state index >= 15 is 0 Å². The first-order valence-electron chi connectivity index (χ1n) is 10.5. The van der Waals surface area contributed by atoms with Crippen molar-refractivity contribution >= 4 is 40.5 Å². The molecule has 4 atom stereocenters. The van der Waals surface area contributed by atoms with E-state index in [1.807, 2.05) is 54.7 Å². The SMILES string of the molecule is O=C1[C@H]2[C@H](C(=O)N1/N=C\c1cn(Cc3ccccc3Cl)c3ccccc13)[C@H]1C=C[C@H]2C1. The van der Waals surface area contributed by atoms with E-state index in [9.17, 15) is 9.59 Å². The maximum absolute atomic E-state index is 12.9. The highest BCUT2D eigenvalue weighted by Gasteiger charge is 2.59. The van der Waals surface area contributed by atoms with Crippen LogP contribution in [0.15, 0.2) is 72.0 Å². The van der Waals surface area contributed by atoms with Crippen LogP contribution >= 0.6 is 11.6 Å². The van der Waals surface area contributed by atoms with Gasteiger partial charge >= 0.3 is 0 Å². The summed E-state index contributed by atoms with van der Waals surface area (Å²) < 4.78 is 2.12. The van der Waals surface area contributed by atoms with Gasteiger partial charge in [-0.2, -0.15) is 10.1 Å². The molecule has 2 aliphatic carbocycles. The van der Waals surface area contributed by atoms with Gasteiger partial charge in [-0.3, -0.25) is 9.59 Å². The minimum atomic E-state index is -0.235. The molecule has 2 fully saturated rings. The normalized spacial score (nSPS) is 26.7. The van der Waals surface area contributed by atoms with Crippen molar-refractivity contribution in [3.63, 3.8) is 0 Å². The number of fused-ring (bicyclic) bond motifs is 6. The molecule has 2 aromatic carbocycles. The highest BCUT2D eigenvalue weighted by molar-refractivity contribution is 6.31. The van der Waals surface area contributed by atoms with Gasteiger partial charge in [0.2, 0.25) is 0 Å². The van der Waals surface area contributed by atoms with Gasteiger partial charge in [0.05, 0.1) is 18.1 Å². The second-order valence-electron chi connectivity index (χ2n) is 8.55. The summed E-state index contributed by atoms with van der Waals surface area (Å²) in [5.41, 5.74) is 2.93. The number of imide groups is 1. The van der Waals surface area contributed by atoms with Crippen LogP contribution in [0.2, 0.25) is 5.02 Å². The standard InChI is InChI=1S/C25H20ClN3O2/c26-20-7-3-1-5-17(20)13-28-14-18(19-6-2-4-8-21(19)28)12-27-29-24(30)22-15-9-10-16(11-15)23(22)25(29)31/h1-10,12,14-16,22-23H,11,13H2/b27-12-/t15-,16-,22+,23+/m0/s1. The first kappa shape index (κ1) is 18.6. The van der Waals surface area contributed by atoms with Crippen molar-refractivity contribution in [2.75, 3.05) is 0 Å². The summed E-state index contributed by atoms with van der Waals surface area (Å²) in [5, 5.41) is 7.20. The molecule has 0 unspecified atom stereocenters. The number of hydrazone groups is 1. The summed E-state index contributed by atoms with van der Waals surface area (Å²) in [7, 11) is 0. The van der Waals surface area contributed by atoms with Crippen molar-refractivity contribution in [3.05, 3.63) is 83.0 Å². The number of allylic oxidation sites excluding steroid dienone is 2. The number of para-hydroxylation sites is 1. The van der Waals surface area contributed by atoms with Crippen LogP contribution in [-0.2, 0) is 16.1 Å². The van der Waals surface area contributed by atoms with Gasteiger partial charge < -0.3 is 4.57 Å². The quantitative estimate of drug-likeness (QED) is 0.348. The smallest absolute Gasteiger partial charge is 0.254 e. The third kappa shape index (κ3) is 2.80. The third-order valence-corrected chi connectivity index (χ3v) is 7.25. The molecule has 1 aromatic heterocycles. The summed E-state index contributed by atoms with van der Waals surface area (Å²) in [6, 6.07) is 15.8. The number of benzene rings is 2. The summed E-state index contributed by atoms with van der Waals surface area (Å²) >= 11 is 6.36. The van der Waals surface area contributed by atoms with Gasteiger partial charge in [0.1, 0.15) is 0 Å². The van der Waals surface area contributed by atoms with Crippen molar-refractivity contribution in [2.45, 2.75) is 13.0 Å². The van der Waals surface area contributed by atoms with Crippen LogP contribution in [-0.4, -0.2) is 27.6 Å². The summed E-state index contributed by atoms with van der Waals surface area (Å²) in [6.07, 6.45) is 8.73. The minimum absolute atomic E-state index is 0.164. The topological polar surface area (TPSA) is 54.7 Å². The molecule has 2 bridgehead atoms. The van der Waals surface area contributed by atoms with Crippen LogP contribution in [0.25, 0.3) is 10.9 Å². The number of amides is 2. The molecule has 6 rings (SSSR count). The van der Waals surface area contributed by atoms with Gasteiger partial charge in [0, 0.05) is 34.2 Å². The first-order chi connectivity index (χ1) is 15.1. The van der Waals surface area contributed by atoms with Crippen LogP contribution < -0.4 is 0 Å². The predicted octanol–water partition coefficient (Wildman–Crippen LogP) is 4.48. The second kappa shape index (κ2) is 6.92. The second-order valence-corrected chi connectivity index (χ2v) is 8.96. The first-order valence-corrected chi connectivity index (χ1v) is 10.9. The molecule has 1 aliphatic heterocycles. The highest BCUT2D eigenvalue weighted by atomic mass is 35.5. The van der Waals surface area contributed by atoms with Crippen LogP contribution in [0.5, 0.6) is 0 Å². The monoisotopic (exact) mass is 429 g/mol. The Kier molecular flexibility index (Phi) is 4.15. The molecule has 154 valence electrons. The molecule has 3 aliphatic rings. The molecule has 0 N–H and O–H groups in total. The van der Waals surface area contributed by atoms with Crippen molar-refractivity contribution < 1.29 is 9.59 Å². The van der Waals surface area contributed by atoms with E-state index in [2.05, 4.69) is 21.8 Å². The Morgan fingerprint density at radius 1 is 0.968 bits per heavy atom. The molecule has 31 heavy (non-hydrogen) atoms. The van der Waals surface area contributed by atoms with Crippen LogP contribution in [0.1, 0.15) is 17.5 Å². The van der Waals surface area contributed by atoms with Gasteiger partial charge in [-0.15, -0.1) is 0 Å². The van der Waals surface area contributed by atoms with Gasteiger partial charge in [-0.05, 0) is 36.0 Å². The zero-order chi connectivity index (χ0) is 21.1. The lowest BCUT2D eigenvalue weighted by Gasteiger charge is -2.13. The molecular weight excluding hydrogens is 410 g/mol. The zero-order valence-corrected chi connectivity index (χ0v) is 17.4. The number of rotatable bonds is 4. The lowest BCUT2D eigenvalue weighted by molar-refractivity contribution is -0.140. The van der Waals surface area contributed by atoms with E-state index < -0.39 is 0 Å². The van der Waals surface area contributed by atoms with Gasteiger partial charge in [-0.1, -0.05) is 60.2 Å². The van der Waals surface area contributed by atoms with E-state index in [4.69, 9.17) is 11.6 Å². The van der Waals surface area contributed by atoms with Crippen LogP contribution in [0.3, 0.4) is 0 Å². The average Bonchev–Trinajstić information content (AvgIpc) is 3.53. The molecule has 2 heterocycles. The maximum Gasteiger partial charge on any atom is 0.254 e. The van der Waals surface area contributed by atoms with Crippen molar-refractivity contribution in [3.8, 4) is 0 Å². The fraction of sp³-hybridized carbons (Fsp3) is 0.240. The maximum atomic E-state index is 12.9. The molecular formula is C25H20ClN3O2. The number of carbonyl (C=O) groups is 2. The Hall–Kier alpha value is -3.18. The van der Waals surface area contributed by atoms with E-state index in [-0.39, 0.29) is 35.5 Å². The van der Waals surface area contributed by atoms with E-state index in [1.54, 1.807) is 6.21 Å². The van der Waals surface area contributed by atoms with Crippen LogP contribution in [0.4, 0.5) is 0 Å². The fourth-order valence-corrected chi connectivity index (χ4v) is 5.63. The lowest BCUT2D eigenvalue weighted by Crippen LogP contribution is -2.28. The molecule has 2 amide bonds. The number of carbonyl (C=O) groups excluding carboxylic acids is 2. The lowest BCUT2D eigenvalue weighted by atomic mass is 9.85. The van der Waals surface area contributed by atoms with E-state index in [0.29, 0.717) is 6.54 Å². The fourth-order valence-electron chi connectivity index (χ4n) is 5.44. The van der Waals surface area contributed by atoms with Crippen LogP contribution in [0, 0.1) is 23.7 Å². The third-order valence-electron chi connectivity index (χ3n) is 6.88. The van der Waals surface area contributed by atoms with Crippen molar-refractivity contribution in [1.82, 2.24) is 9.58 Å². The van der Waals surface area contributed by atoms with E-state index in [1.165, 1.54) is 0 Å². The largest absolute Gasteiger partial charge is 0.342 e. The summed E-state index contributed by atoms with van der Waals surface area (Å²) in [6.45, 7) is 0.620. The molecule has 6 heteroatoms. The number of nitrogens with zero attached hydrogens (tertiary/aromatic N) is 3. The molecule has 3 aromatic rings. The zero-order valence-electron chi connectivity index (χ0n) is 16.7. The Morgan fingerprint density at radius 2 is 1.65 bits per heavy atom. The Labute approximate surface area is 184 Å². The van der Waals surface area contributed by atoms with Gasteiger partial charge in [0.15, 0.2) is 0 Å². The highest BCUT2D eigenvalue weighted by Crippen LogP contribution is 2.52. The van der Waals surface area contributed by atoms with Gasteiger partial charge in [0.25, 0.3) is 11.8 Å². The minimum Gasteiger partial charge on any atom is -0.342 e. The summed E-state index contributed by atoms with van der Waals surface area (Å²) in [5.74, 6) is -0.429. The predicted molar refractivity (Wildman–Crippen MR) is 120 cm³/mol. The van der Waals surface area contributed by atoms with Crippen molar-refractivity contribution in [1.29, 1.82) is 0 Å². The number of hydrogen-bond acceptors (Lipinski definition) is 3. The molecule has 5 nitrogen and oxygen atoms in total. The molecule has 0 spiro atoms. The molecule has 1 saturated heterocycles. The molecule has 1 saturated carbocycles. The van der Waals surface area contributed by atoms with E-state index in [0.717, 1.165) is 38.5 Å². The number of hydrogen-bond donors (Lipinski definition) is 0. The Bertz CT molecular complexity index is 1260. The van der Waals surface area contributed by atoms with Gasteiger partial charge in [-0.25, -0.2) is 0 Å². The number of halogens is 1. The Balaban J connectivity index is 1.33. The summed E-state index contributed by atoms with van der Waals surface area (Å²) in [4.78, 5) is 25.8. The molecule has 0 radical (unpaired) electrons. The number of aromatic nitrogens is 1.